The van der Waals surface area contributed by atoms with Gasteiger partial charge >= 0.3 is 12.3 Å². The maximum atomic E-state index is 13.7. The topological polar surface area (TPSA) is 110 Å². The molecule has 41 heavy (non-hydrogen) atoms. The molecule has 2 N–H and O–H groups in total. The van der Waals surface area contributed by atoms with Crippen LogP contribution in [0.2, 0.25) is 0 Å². The van der Waals surface area contributed by atoms with Crippen LogP contribution in [0.1, 0.15) is 39.7 Å². The first kappa shape index (κ1) is 28.3. The van der Waals surface area contributed by atoms with E-state index < -0.39 is 60.5 Å². The van der Waals surface area contributed by atoms with Crippen LogP contribution in [0.4, 0.5) is 22.4 Å². The van der Waals surface area contributed by atoms with Gasteiger partial charge in [-0.25, -0.2) is 14.1 Å². The summed E-state index contributed by atoms with van der Waals surface area (Å²) >= 11 is 1.19. The number of ether oxygens (including phenoxy) is 1. The number of primary amides is 1. The molecule has 0 bridgehead atoms. The van der Waals surface area contributed by atoms with Crippen LogP contribution in [-0.4, -0.2) is 52.4 Å². The van der Waals surface area contributed by atoms with Crippen LogP contribution >= 0.6 is 11.3 Å². The van der Waals surface area contributed by atoms with Crippen LogP contribution in [-0.2, 0) is 32.9 Å². The second kappa shape index (κ2) is 10.3. The zero-order chi connectivity index (χ0) is 29.7. The van der Waals surface area contributed by atoms with E-state index >= 15 is 0 Å². The number of fused-ring (bicyclic) bond motifs is 2. The number of aryl methyl sites for hydroxylation is 1. The highest BCUT2D eigenvalue weighted by molar-refractivity contribution is 7.12. The minimum Gasteiger partial charge on any atom is -0.427 e. The van der Waals surface area contributed by atoms with Crippen molar-refractivity contribution in [3.8, 4) is 11.1 Å². The van der Waals surface area contributed by atoms with Gasteiger partial charge < -0.3 is 15.4 Å². The molecule has 2 atom stereocenters. The van der Waals surface area contributed by atoms with Crippen molar-refractivity contribution in [1.29, 1.82) is 0 Å². The van der Waals surface area contributed by atoms with Gasteiger partial charge in [0.15, 0.2) is 0 Å². The third-order valence-electron chi connectivity index (χ3n) is 7.38. The summed E-state index contributed by atoms with van der Waals surface area (Å²) in [7, 11) is 0. The van der Waals surface area contributed by atoms with Crippen LogP contribution in [0.3, 0.4) is 0 Å². The highest BCUT2D eigenvalue weighted by atomic mass is 32.1. The lowest BCUT2D eigenvalue weighted by Gasteiger charge is -2.31. The molecule has 1 aliphatic carbocycles. The Hall–Kier alpha value is -4.26. The fraction of sp³-hybridized carbons (Fsp3) is 0.286. The first-order valence-electron chi connectivity index (χ1n) is 12.5. The minimum atomic E-state index is -4.80. The van der Waals surface area contributed by atoms with E-state index in [1.54, 1.807) is 29.6 Å². The van der Waals surface area contributed by atoms with Crippen LogP contribution in [0.25, 0.3) is 11.1 Å². The highest BCUT2D eigenvalue weighted by Crippen LogP contribution is 2.46. The molecule has 1 fully saturated rings. The summed E-state index contributed by atoms with van der Waals surface area (Å²) in [5.74, 6) is -3.16. The summed E-state index contributed by atoms with van der Waals surface area (Å²) in [4.78, 5) is 52.7. The van der Waals surface area contributed by atoms with Gasteiger partial charge in [-0.3, -0.25) is 14.4 Å². The zero-order valence-electron chi connectivity index (χ0n) is 21.5. The van der Waals surface area contributed by atoms with Gasteiger partial charge in [0.2, 0.25) is 11.5 Å². The lowest BCUT2D eigenvalue weighted by atomic mass is 9.93. The maximum Gasteiger partial charge on any atom is 0.418 e. The second-order valence-corrected chi connectivity index (χ2v) is 10.8. The van der Waals surface area contributed by atoms with Crippen molar-refractivity contribution in [2.75, 3.05) is 6.54 Å². The Balaban J connectivity index is 1.40. The van der Waals surface area contributed by atoms with Crippen LogP contribution in [0.15, 0.2) is 53.9 Å². The summed E-state index contributed by atoms with van der Waals surface area (Å²) in [5, 5.41) is 1.72. The smallest absolute Gasteiger partial charge is 0.418 e. The molecule has 0 saturated carbocycles. The monoisotopic (exact) mass is 589 g/mol. The maximum absolute atomic E-state index is 13.7. The van der Waals surface area contributed by atoms with Gasteiger partial charge in [0.25, 0.3) is 11.8 Å². The summed E-state index contributed by atoms with van der Waals surface area (Å²) < 4.78 is 59.8. The van der Waals surface area contributed by atoms with Crippen molar-refractivity contribution < 1.29 is 41.5 Å². The molecule has 3 aromatic rings. The molecular weight excluding hydrogens is 566 g/mol. The van der Waals surface area contributed by atoms with Crippen molar-refractivity contribution in [1.82, 2.24) is 9.80 Å². The lowest BCUT2D eigenvalue weighted by Crippen LogP contribution is -2.51. The second-order valence-electron chi connectivity index (χ2n) is 9.85. The predicted molar refractivity (Wildman–Crippen MR) is 139 cm³/mol. The van der Waals surface area contributed by atoms with Gasteiger partial charge in [0.05, 0.1) is 4.88 Å². The molecule has 5 rings (SSSR count). The summed E-state index contributed by atoms with van der Waals surface area (Å²) in [6.07, 6.45) is -5.53. The highest BCUT2D eigenvalue weighted by Gasteiger charge is 2.58. The lowest BCUT2D eigenvalue weighted by molar-refractivity contribution is -0.187. The zero-order valence-corrected chi connectivity index (χ0v) is 22.4. The third-order valence-corrected chi connectivity index (χ3v) is 8.31. The molecule has 0 radical (unpaired) electrons. The minimum absolute atomic E-state index is 0.0750. The van der Waals surface area contributed by atoms with Gasteiger partial charge in [-0.1, -0.05) is 30.3 Å². The number of rotatable bonds is 7. The van der Waals surface area contributed by atoms with Gasteiger partial charge in [-0.2, -0.15) is 13.2 Å². The molecule has 214 valence electrons. The number of alkyl halides is 3. The van der Waals surface area contributed by atoms with Crippen LogP contribution in [0, 0.1) is 5.82 Å². The van der Waals surface area contributed by atoms with Crippen molar-refractivity contribution in [3.63, 3.8) is 0 Å². The predicted octanol–water partition coefficient (Wildman–Crippen LogP) is 4.75. The number of halogens is 4. The number of amides is 4. The summed E-state index contributed by atoms with van der Waals surface area (Å²) in [6, 6.07) is 9.11. The van der Waals surface area contributed by atoms with E-state index in [-0.39, 0.29) is 12.0 Å². The van der Waals surface area contributed by atoms with Crippen LogP contribution in [0.5, 0.6) is 0 Å². The average molecular weight is 590 g/mol. The fourth-order valence-corrected chi connectivity index (χ4v) is 5.95. The van der Waals surface area contributed by atoms with E-state index in [0.29, 0.717) is 43.4 Å². The number of benzene rings is 2. The van der Waals surface area contributed by atoms with Gasteiger partial charge in [0, 0.05) is 24.1 Å². The van der Waals surface area contributed by atoms with E-state index in [9.17, 15) is 36.7 Å². The van der Waals surface area contributed by atoms with Crippen LogP contribution < -0.4 is 5.73 Å². The van der Waals surface area contributed by atoms with Crippen molar-refractivity contribution in [2.45, 2.75) is 44.1 Å². The molecule has 1 saturated heterocycles. The number of hydrogen-bond donors (Lipinski definition) is 1. The molecule has 2 heterocycles. The molecule has 8 nitrogen and oxygen atoms in total. The Labute approximate surface area is 235 Å². The number of carbonyl (C=O) groups excluding carboxylic acids is 4. The molecule has 1 aromatic heterocycles. The van der Waals surface area contributed by atoms with Crippen molar-refractivity contribution in [3.05, 3.63) is 81.3 Å². The van der Waals surface area contributed by atoms with E-state index in [4.69, 9.17) is 10.5 Å². The van der Waals surface area contributed by atoms with Gasteiger partial charge in [-0.15, -0.1) is 11.3 Å². The molecule has 2 aromatic carbocycles. The van der Waals surface area contributed by atoms with E-state index in [1.165, 1.54) is 23.5 Å². The Morgan fingerprint density at radius 2 is 1.85 bits per heavy atom. The van der Waals surface area contributed by atoms with E-state index in [2.05, 4.69) is 0 Å². The molecule has 13 heteroatoms. The summed E-state index contributed by atoms with van der Waals surface area (Å²) in [6.45, 7) is -0.705. The van der Waals surface area contributed by atoms with Crippen molar-refractivity contribution in [2.24, 2.45) is 5.73 Å². The molecule has 0 unspecified atom stereocenters. The fourth-order valence-electron chi connectivity index (χ4n) is 5.18. The van der Waals surface area contributed by atoms with E-state index in [1.807, 2.05) is 0 Å². The first-order valence-corrected chi connectivity index (χ1v) is 13.4. The number of thiophene rings is 1. The normalized spacial score (nSPS) is 18.9. The quantitative estimate of drug-likeness (QED) is 0.400. The van der Waals surface area contributed by atoms with Crippen molar-refractivity contribution >= 4 is 35.2 Å². The Morgan fingerprint density at radius 1 is 1.15 bits per heavy atom. The number of carbonyl (C=O) groups is 4. The number of hydrogen-bond acceptors (Lipinski definition) is 6. The standard InChI is InChI=1S/C28H23F4N3O5S/c1-15(28(30,31)32)34(13-16-2-5-19(29)6-3-16)22(36)14-35-25(38)27(40-26(35)39)10-8-18-12-17(4-7-21(18)27)20-9-11-41-23(20)24(33)37/h2-7,9,11-12,15H,8,10,13-14H2,1H3,(H2,33,37)/t15-,27+/m0/s1. The van der Waals surface area contributed by atoms with Gasteiger partial charge in [-0.05, 0) is 53.6 Å². The first-order chi connectivity index (χ1) is 19.3. The molecule has 1 spiro atoms. The molecule has 1 aliphatic heterocycles. The average Bonchev–Trinajstić information content (AvgIpc) is 3.61. The van der Waals surface area contributed by atoms with E-state index in [0.717, 1.165) is 19.1 Å². The number of nitrogens with two attached hydrogens (primary N) is 1. The molecule has 2 aliphatic rings. The number of nitrogens with zero attached hydrogens (tertiary/aromatic N) is 2. The third kappa shape index (κ3) is 5.05. The Morgan fingerprint density at radius 3 is 2.51 bits per heavy atom. The SMILES string of the molecule is C[C@H](N(Cc1ccc(F)cc1)C(=O)CN1C(=O)O[C@@]2(CCc3cc(-c4ccsc4C(N)=O)ccc32)C1=O)C(F)(F)F. The summed E-state index contributed by atoms with van der Waals surface area (Å²) in [5.41, 5.74) is 6.35. The molecule has 4 amide bonds. The Kier molecular flexibility index (Phi) is 7.10. The molecular formula is C28H23F4N3O5S. The largest absolute Gasteiger partial charge is 0.427 e. The number of imide groups is 1. The Bertz CT molecular complexity index is 1550. The van der Waals surface area contributed by atoms with Gasteiger partial charge in [0.1, 0.15) is 18.4 Å².